The minimum Gasteiger partial charge on any atom is -0.347 e. The van der Waals surface area contributed by atoms with Gasteiger partial charge in [0.15, 0.2) is 0 Å². The van der Waals surface area contributed by atoms with Crippen molar-refractivity contribution >= 4 is 5.91 Å². The van der Waals surface area contributed by atoms with Crippen LogP contribution in [0.2, 0.25) is 0 Å². The quantitative estimate of drug-likeness (QED) is 0.876. The van der Waals surface area contributed by atoms with E-state index in [1.807, 2.05) is 13.8 Å². The summed E-state index contributed by atoms with van der Waals surface area (Å²) in [6.07, 6.45) is 2.61. The van der Waals surface area contributed by atoms with Crippen LogP contribution in [0, 0.1) is 5.82 Å². The first-order chi connectivity index (χ1) is 8.99. The molecule has 1 atom stereocenters. The van der Waals surface area contributed by atoms with E-state index in [4.69, 9.17) is 0 Å². The molecule has 4 heteroatoms. The molecule has 0 unspecified atom stereocenters. The molecular formula is C15H21FN2O. The van der Waals surface area contributed by atoms with Gasteiger partial charge in [0, 0.05) is 18.0 Å². The topological polar surface area (TPSA) is 41.1 Å². The molecule has 1 fully saturated rings. The molecule has 2 rings (SSSR count). The molecule has 1 aliphatic heterocycles. The van der Waals surface area contributed by atoms with Gasteiger partial charge < -0.3 is 10.6 Å². The molecule has 0 aliphatic carbocycles. The largest absolute Gasteiger partial charge is 0.347 e. The summed E-state index contributed by atoms with van der Waals surface area (Å²) in [6, 6.07) is 6.83. The molecule has 19 heavy (non-hydrogen) atoms. The molecule has 1 aromatic carbocycles. The van der Waals surface area contributed by atoms with Crippen LogP contribution >= 0.6 is 0 Å². The van der Waals surface area contributed by atoms with Crippen molar-refractivity contribution in [2.24, 2.45) is 0 Å². The van der Waals surface area contributed by atoms with Crippen LogP contribution in [0.5, 0.6) is 0 Å². The fraction of sp³-hybridized carbons (Fsp3) is 0.533. The van der Waals surface area contributed by atoms with E-state index in [1.54, 1.807) is 18.2 Å². The molecule has 1 aliphatic rings. The number of benzene rings is 1. The van der Waals surface area contributed by atoms with Gasteiger partial charge in [-0.1, -0.05) is 18.2 Å². The number of halogens is 1. The minimum atomic E-state index is -0.693. The molecular weight excluding hydrogens is 243 g/mol. The fourth-order valence-corrected chi connectivity index (χ4v) is 2.59. The van der Waals surface area contributed by atoms with Crippen molar-refractivity contribution in [1.82, 2.24) is 10.6 Å². The highest BCUT2D eigenvalue weighted by Gasteiger charge is 2.27. The molecule has 1 heterocycles. The van der Waals surface area contributed by atoms with Crippen LogP contribution in [0.4, 0.5) is 4.39 Å². The van der Waals surface area contributed by atoms with Crippen LogP contribution in [0.3, 0.4) is 0 Å². The van der Waals surface area contributed by atoms with E-state index in [2.05, 4.69) is 10.6 Å². The standard InChI is InChI=1S/C15H21FN2O/c1-15(2,12-7-3-4-8-13(12)16)18-14(19)10-11-6-5-9-17-11/h3-4,7-8,11,17H,5-6,9-10H2,1-2H3,(H,18,19)/t11-/m1/s1. The Morgan fingerprint density at radius 2 is 2.21 bits per heavy atom. The van der Waals surface area contributed by atoms with Crippen LogP contribution in [0.25, 0.3) is 0 Å². The maximum Gasteiger partial charge on any atom is 0.222 e. The van der Waals surface area contributed by atoms with Crippen molar-refractivity contribution in [3.63, 3.8) is 0 Å². The third-order valence-corrected chi connectivity index (χ3v) is 3.59. The van der Waals surface area contributed by atoms with Crippen LogP contribution in [0.15, 0.2) is 24.3 Å². The lowest BCUT2D eigenvalue weighted by Crippen LogP contribution is -2.43. The molecule has 3 nitrogen and oxygen atoms in total. The highest BCUT2D eigenvalue weighted by atomic mass is 19.1. The van der Waals surface area contributed by atoms with Crippen molar-refractivity contribution in [3.05, 3.63) is 35.6 Å². The molecule has 2 N–H and O–H groups in total. The molecule has 1 aromatic rings. The molecule has 104 valence electrons. The summed E-state index contributed by atoms with van der Waals surface area (Å²) in [7, 11) is 0. The zero-order chi connectivity index (χ0) is 13.9. The predicted molar refractivity (Wildman–Crippen MR) is 73.2 cm³/mol. The van der Waals surface area contributed by atoms with Gasteiger partial charge in [0.2, 0.25) is 5.91 Å². The Hall–Kier alpha value is -1.42. The summed E-state index contributed by atoms with van der Waals surface area (Å²) < 4.78 is 13.8. The van der Waals surface area contributed by atoms with Gasteiger partial charge in [-0.2, -0.15) is 0 Å². The van der Waals surface area contributed by atoms with E-state index < -0.39 is 5.54 Å². The molecule has 1 saturated heterocycles. The van der Waals surface area contributed by atoms with Crippen molar-refractivity contribution in [2.75, 3.05) is 6.54 Å². The highest BCUT2D eigenvalue weighted by Crippen LogP contribution is 2.23. The lowest BCUT2D eigenvalue weighted by molar-refractivity contribution is -0.123. The first-order valence-corrected chi connectivity index (χ1v) is 6.78. The third kappa shape index (κ3) is 3.53. The smallest absolute Gasteiger partial charge is 0.222 e. The fourth-order valence-electron chi connectivity index (χ4n) is 2.59. The van der Waals surface area contributed by atoms with E-state index >= 15 is 0 Å². The SMILES string of the molecule is CC(C)(NC(=O)C[C@H]1CCCN1)c1ccccc1F. The molecule has 1 amide bonds. The monoisotopic (exact) mass is 264 g/mol. The van der Waals surface area contributed by atoms with Gasteiger partial charge in [-0.05, 0) is 39.3 Å². The normalized spacial score (nSPS) is 19.4. The zero-order valence-corrected chi connectivity index (χ0v) is 11.5. The highest BCUT2D eigenvalue weighted by molar-refractivity contribution is 5.77. The van der Waals surface area contributed by atoms with Crippen molar-refractivity contribution in [3.8, 4) is 0 Å². The molecule has 0 spiro atoms. The van der Waals surface area contributed by atoms with Gasteiger partial charge in [0.1, 0.15) is 5.82 Å². The lowest BCUT2D eigenvalue weighted by atomic mass is 9.93. The number of hydrogen-bond acceptors (Lipinski definition) is 2. The second-order valence-electron chi connectivity index (χ2n) is 5.65. The second-order valence-corrected chi connectivity index (χ2v) is 5.65. The first kappa shape index (κ1) is 14.0. The van der Waals surface area contributed by atoms with Gasteiger partial charge in [0.05, 0.1) is 5.54 Å². The zero-order valence-electron chi connectivity index (χ0n) is 11.5. The van der Waals surface area contributed by atoms with E-state index in [0.29, 0.717) is 12.0 Å². The maximum atomic E-state index is 13.8. The van der Waals surface area contributed by atoms with Crippen molar-refractivity contribution in [2.45, 2.75) is 44.7 Å². The molecule has 0 radical (unpaired) electrons. The average molecular weight is 264 g/mol. The number of nitrogens with one attached hydrogen (secondary N) is 2. The number of carbonyl (C=O) groups excluding carboxylic acids is 1. The Bertz CT molecular complexity index is 453. The van der Waals surface area contributed by atoms with Gasteiger partial charge in [-0.15, -0.1) is 0 Å². The summed E-state index contributed by atoms with van der Waals surface area (Å²) in [4.78, 5) is 12.0. The third-order valence-electron chi connectivity index (χ3n) is 3.59. The van der Waals surface area contributed by atoms with E-state index in [-0.39, 0.29) is 17.8 Å². The van der Waals surface area contributed by atoms with Gasteiger partial charge >= 0.3 is 0 Å². The average Bonchev–Trinajstić information content (AvgIpc) is 2.81. The summed E-state index contributed by atoms with van der Waals surface area (Å²) in [5.41, 5.74) is -0.177. The predicted octanol–water partition coefficient (Wildman–Crippen LogP) is 2.32. The Morgan fingerprint density at radius 3 is 2.84 bits per heavy atom. The number of carbonyl (C=O) groups is 1. The van der Waals surface area contributed by atoms with Crippen LogP contribution < -0.4 is 10.6 Å². The van der Waals surface area contributed by atoms with E-state index in [9.17, 15) is 9.18 Å². The Morgan fingerprint density at radius 1 is 1.47 bits per heavy atom. The Kier molecular flexibility index (Phi) is 4.20. The van der Waals surface area contributed by atoms with Crippen molar-refractivity contribution in [1.29, 1.82) is 0 Å². The Labute approximate surface area is 113 Å². The summed E-state index contributed by atoms with van der Waals surface area (Å²) >= 11 is 0. The van der Waals surface area contributed by atoms with Crippen LogP contribution in [-0.2, 0) is 10.3 Å². The Balaban J connectivity index is 2.00. The van der Waals surface area contributed by atoms with Gasteiger partial charge in [-0.3, -0.25) is 4.79 Å². The first-order valence-electron chi connectivity index (χ1n) is 6.78. The number of rotatable bonds is 4. The molecule has 0 aromatic heterocycles. The van der Waals surface area contributed by atoms with Crippen LogP contribution in [-0.4, -0.2) is 18.5 Å². The lowest BCUT2D eigenvalue weighted by Gasteiger charge is -2.28. The number of amides is 1. The number of hydrogen-bond donors (Lipinski definition) is 2. The van der Waals surface area contributed by atoms with E-state index in [0.717, 1.165) is 19.4 Å². The van der Waals surface area contributed by atoms with Gasteiger partial charge in [0.25, 0.3) is 0 Å². The molecule has 0 bridgehead atoms. The second kappa shape index (κ2) is 5.70. The summed E-state index contributed by atoms with van der Waals surface area (Å²) in [5, 5.41) is 6.21. The van der Waals surface area contributed by atoms with Crippen molar-refractivity contribution < 1.29 is 9.18 Å². The minimum absolute atomic E-state index is 0.0346. The van der Waals surface area contributed by atoms with Crippen LogP contribution in [0.1, 0.15) is 38.7 Å². The molecule has 0 saturated carbocycles. The maximum absolute atomic E-state index is 13.8. The summed E-state index contributed by atoms with van der Waals surface area (Å²) in [6.45, 7) is 4.63. The van der Waals surface area contributed by atoms with E-state index in [1.165, 1.54) is 6.07 Å². The van der Waals surface area contributed by atoms with Gasteiger partial charge in [-0.25, -0.2) is 4.39 Å². The summed E-state index contributed by atoms with van der Waals surface area (Å²) in [5.74, 6) is -0.320.